The van der Waals surface area contributed by atoms with E-state index in [-0.39, 0.29) is 16.3 Å². The highest BCUT2D eigenvalue weighted by atomic mass is 35.5. The van der Waals surface area contributed by atoms with E-state index in [1.54, 1.807) is 0 Å². The molecule has 8 heteroatoms. The first kappa shape index (κ1) is 16.2. The van der Waals surface area contributed by atoms with Gasteiger partial charge in [-0.2, -0.15) is 18.3 Å². The Morgan fingerprint density at radius 3 is 2.36 bits per heavy atom. The molecule has 0 aliphatic rings. The molecule has 0 bridgehead atoms. The van der Waals surface area contributed by atoms with E-state index >= 15 is 0 Å². The van der Waals surface area contributed by atoms with E-state index in [0.29, 0.717) is 0 Å². The number of hydrazone groups is 1. The Balaban J connectivity index is 2.17. The van der Waals surface area contributed by atoms with Crippen molar-refractivity contribution in [3.05, 3.63) is 64.2 Å². The van der Waals surface area contributed by atoms with Crippen LogP contribution in [0.2, 0.25) is 5.02 Å². The fraction of sp³-hybridized carbons (Fsp3) is 0.0714. The average Bonchev–Trinajstić information content (AvgIpc) is 2.43. The van der Waals surface area contributed by atoms with Gasteiger partial charge in [0.05, 0.1) is 22.5 Å². The largest absolute Gasteiger partial charge is 0.416 e. The van der Waals surface area contributed by atoms with Crippen LogP contribution in [0.5, 0.6) is 0 Å². The first-order valence-electron chi connectivity index (χ1n) is 5.88. The van der Waals surface area contributed by atoms with Crippen LogP contribution in [0.1, 0.15) is 11.1 Å². The number of benzene rings is 2. The molecule has 0 spiro atoms. The quantitative estimate of drug-likeness (QED) is 0.472. The molecule has 2 aromatic carbocycles. The Bertz CT molecular complexity index is 713. The Morgan fingerprint density at radius 2 is 1.73 bits per heavy atom. The molecule has 0 radical (unpaired) electrons. The number of hydrogen-bond donors (Lipinski definition) is 1. The van der Waals surface area contributed by atoms with Crippen molar-refractivity contribution in [3.8, 4) is 0 Å². The van der Waals surface area contributed by atoms with Crippen LogP contribution in [0.25, 0.3) is 0 Å². The van der Waals surface area contributed by atoms with Crippen LogP contribution in [0.3, 0.4) is 0 Å². The lowest BCUT2D eigenvalue weighted by Gasteiger charge is -2.09. The summed E-state index contributed by atoms with van der Waals surface area (Å²) in [7, 11) is 0. The summed E-state index contributed by atoms with van der Waals surface area (Å²) in [5.41, 5.74) is 1.61. The third-order valence-electron chi connectivity index (χ3n) is 2.64. The molecule has 2 rings (SSSR count). The average molecular weight is 335 g/mol. The molecule has 0 aromatic heterocycles. The fourth-order valence-corrected chi connectivity index (χ4v) is 1.72. The van der Waals surface area contributed by atoms with Gasteiger partial charge in [-0.05, 0) is 35.9 Å². The molecule has 0 heterocycles. The maximum Gasteiger partial charge on any atom is 0.416 e. The zero-order chi connectivity index (χ0) is 16.3. The molecule has 0 atom stereocenters. The second kappa shape index (κ2) is 6.31. The zero-order valence-electron chi connectivity index (χ0n) is 10.8. The summed E-state index contributed by atoms with van der Waals surface area (Å²) in [6, 6.07) is 5.79. The summed E-state index contributed by atoms with van der Waals surface area (Å²) in [6.45, 7) is 0. The number of anilines is 1. The topological polar surface area (TPSA) is 24.4 Å². The summed E-state index contributed by atoms with van der Waals surface area (Å²) < 4.78 is 63.5. The van der Waals surface area contributed by atoms with Crippen LogP contribution in [0.4, 0.5) is 27.6 Å². The first-order chi connectivity index (χ1) is 10.3. The molecule has 22 heavy (non-hydrogen) atoms. The molecule has 0 fully saturated rings. The van der Waals surface area contributed by atoms with E-state index in [1.807, 2.05) is 0 Å². The molecule has 0 saturated carbocycles. The van der Waals surface area contributed by atoms with Gasteiger partial charge in [0.2, 0.25) is 0 Å². The SMILES string of the molecule is Fc1ccc(C=NNc2cc(C(F)(F)F)ccc2Cl)cc1F. The number of alkyl halides is 3. The highest BCUT2D eigenvalue weighted by molar-refractivity contribution is 6.33. The van der Waals surface area contributed by atoms with Crippen molar-refractivity contribution in [2.75, 3.05) is 5.43 Å². The van der Waals surface area contributed by atoms with E-state index in [2.05, 4.69) is 10.5 Å². The van der Waals surface area contributed by atoms with Gasteiger partial charge in [0, 0.05) is 0 Å². The highest BCUT2D eigenvalue weighted by Gasteiger charge is 2.30. The van der Waals surface area contributed by atoms with Crippen LogP contribution in [0.15, 0.2) is 41.5 Å². The Labute approximate surface area is 127 Å². The molecule has 2 aromatic rings. The van der Waals surface area contributed by atoms with Crippen molar-refractivity contribution in [1.29, 1.82) is 0 Å². The third kappa shape index (κ3) is 3.94. The van der Waals surface area contributed by atoms with Crippen molar-refractivity contribution >= 4 is 23.5 Å². The van der Waals surface area contributed by atoms with Crippen LogP contribution >= 0.6 is 11.6 Å². The van der Waals surface area contributed by atoms with E-state index in [0.717, 1.165) is 36.5 Å². The smallest absolute Gasteiger partial charge is 0.277 e. The minimum atomic E-state index is -4.51. The molecular weight excluding hydrogens is 327 g/mol. The number of nitrogens with one attached hydrogen (secondary N) is 1. The lowest BCUT2D eigenvalue weighted by Crippen LogP contribution is -2.05. The van der Waals surface area contributed by atoms with Crippen molar-refractivity contribution in [1.82, 2.24) is 0 Å². The summed E-state index contributed by atoms with van der Waals surface area (Å²) in [5.74, 6) is -2.06. The molecular formula is C14H8ClF5N2. The van der Waals surface area contributed by atoms with Crippen molar-refractivity contribution < 1.29 is 22.0 Å². The van der Waals surface area contributed by atoms with Crippen LogP contribution in [-0.4, -0.2) is 6.21 Å². The first-order valence-corrected chi connectivity index (χ1v) is 6.26. The second-order valence-electron chi connectivity index (χ2n) is 4.24. The van der Waals surface area contributed by atoms with Crippen LogP contribution in [0, 0.1) is 11.6 Å². The standard InChI is InChI=1S/C14H8ClF5N2/c15-10-3-2-9(14(18,19)20)6-13(10)22-21-7-8-1-4-11(16)12(17)5-8/h1-7,22H. The maximum atomic E-state index is 13.0. The second-order valence-corrected chi connectivity index (χ2v) is 4.64. The van der Waals surface area contributed by atoms with Gasteiger partial charge < -0.3 is 0 Å². The lowest BCUT2D eigenvalue weighted by atomic mass is 10.2. The minimum Gasteiger partial charge on any atom is -0.277 e. The summed E-state index contributed by atoms with van der Waals surface area (Å²) in [5, 5.41) is 3.69. The molecule has 0 saturated heterocycles. The minimum absolute atomic E-state index is 0.0374. The third-order valence-corrected chi connectivity index (χ3v) is 2.97. The Kier molecular flexibility index (Phi) is 4.65. The van der Waals surface area contributed by atoms with Crippen molar-refractivity contribution in [2.45, 2.75) is 6.18 Å². The predicted molar refractivity (Wildman–Crippen MR) is 74.0 cm³/mol. The van der Waals surface area contributed by atoms with Gasteiger partial charge in [0.25, 0.3) is 0 Å². The number of rotatable bonds is 3. The van der Waals surface area contributed by atoms with E-state index in [9.17, 15) is 22.0 Å². The summed E-state index contributed by atoms with van der Waals surface area (Å²) in [6.07, 6.45) is -3.38. The number of nitrogens with zero attached hydrogens (tertiary/aromatic N) is 1. The van der Waals surface area contributed by atoms with Gasteiger partial charge in [-0.15, -0.1) is 0 Å². The molecule has 0 aliphatic carbocycles. The van der Waals surface area contributed by atoms with Gasteiger partial charge in [-0.25, -0.2) is 8.78 Å². The zero-order valence-corrected chi connectivity index (χ0v) is 11.5. The summed E-state index contributed by atoms with van der Waals surface area (Å²) >= 11 is 5.76. The summed E-state index contributed by atoms with van der Waals surface area (Å²) in [4.78, 5) is 0. The van der Waals surface area contributed by atoms with Gasteiger partial charge in [-0.1, -0.05) is 17.7 Å². The maximum absolute atomic E-state index is 13.0. The van der Waals surface area contributed by atoms with Gasteiger partial charge in [-0.3, -0.25) is 5.43 Å². The van der Waals surface area contributed by atoms with Crippen LogP contribution in [-0.2, 0) is 6.18 Å². The van der Waals surface area contributed by atoms with Gasteiger partial charge >= 0.3 is 6.18 Å². The Hall–Kier alpha value is -2.15. The number of halogens is 6. The molecule has 2 nitrogen and oxygen atoms in total. The molecule has 0 aliphatic heterocycles. The monoisotopic (exact) mass is 334 g/mol. The van der Waals surface area contributed by atoms with E-state index in [1.165, 1.54) is 6.07 Å². The fourth-order valence-electron chi connectivity index (χ4n) is 1.56. The molecule has 0 unspecified atom stereocenters. The van der Waals surface area contributed by atoms with Gasteiger partial charge in [0.15, 0.2) is 11.6 Å². The molecule has 116 valence electrons. The highest BCUT2D eigenvalue weighted by Crippen LogP contribution is 2.33. The predicted octanol–water partition coefficient (Wildman–Crippen LogP) is 5.08. The normalized spacial score (nSPS) is 11.9. The van der Waals surface area contributed by atoms with Crippen molar-refractivity contribution in [3.63, 3.8) is 0 Å². The van der Waals surface area contributed by atoms with Gasteiger partial charge in [0.1, 0.15) is 0 Å². The number of hydrogen-bond acceptors (Lipinski definition) is 2. The molecule has 1 N–H and O–H groups in total. The van der Waals surface area contributed by atoms with Crippen LogP contribution < -0.4 is 5.43 Å². The van der Waals surface area contributed by atoms with E-state index < -0.39 is 23.4 Å². The Morgan fingerprint density at radius 1 is 1.00 bits per heavy atom. The molecule has 0 amide bonds. The van der Waals surface area contributed by atoms with Crippen molar-refractivity contribution in [2.24, 2.45) is 5.10 Å². The lowest BCUT2D eigenvalue weighted by molar-refractivity contribution is -0.137. The van der Waals surface area contributed by atoms with E-state index in [4.69, 9.17) is 11.6 Å².